The molecule has 0 spiro atoms. The lowest BCUT2D eigenvalue weighted by Gasteiger charge is -2.21. The lowest BCUT2D eigenvalue weighted by molar-refractivity contribution is -1.01. The highest BCUT2D eigenvalue weighted by Crippen LogP contribution is 2.29. The van der Waals surface area contributed by atoms with Crippen molar-refractivity contribution in [3.63, 3.8) is 0 Å². The van der Waals surface area contributed by atoms with Crippen LogP contribution in [0.15, 0.2) is 41.9 Å². The Morgan fingerprint density at radius 1 is 1.19 bits per heavy atom. The van der Waals surface area contributed by atoms with Crippen molar-refractivity contribution in [3.05, 3.63) is 47.6 Å². The maximum Gasteiger partial charge on any atom is 0.351 e. The highest BCUT2D eigenvalue weighted by atomic mass is 32.1. The van der Waals surface area contributed by atoms with Crippen molar-refractivity contribution in [2.24, 2.45) is 0 Å². The average Bonchev–Trinajstić information content (AvgIpc) is 3.07. The second-order valence-corrected chi connectivity index (χ2v) is 8.76. The predicted octanol–water partition coefficient (Wildman–Crippen LogP) is 4.38. The summed E-state index contributed by atoms with van der Waals surface area (Å²) in [5.41, 5.74) is 2.85. The number of nitrogens with zero attached hydrogens (tertiary/aromatic N) is 2. The summed E-state index contributed by atoms with van der Waals surface area (Å²) in [6, 6.07) is 10.1. The number of carbonyl (C=O) groups is 1. The molecule has 0 saturated heterocycles. The molecule has 6 heteroatoms. The molecular weight excluding hydrogens is 348 g/mol. The molecular formula is C20H25N2O3S+. The molecule has 3 rings (SSSR count). The standard InChI is InChI=1S/C20H25N2O3S/c1-20(2,3)25-17-8-6-14(7-9-17)15-10-18-21(12-15)16(13-26-18)11-19(23)22(4,5)24/h6-10,12-13,24H,11H2,1-5H3/q+1. The lowest BCUT2D eigenvalue weighted by Crippen LogP contribution is -2.43. The highest BCUT2D eigenvalue weighted by molar-refractivity contribution is 7.15. The molecule has 1 aromatic carbocycles. The summed E-state index contributed by atoms with van der Waals surface area (Å²) in [4.78, 5) is 13.2. The van der Waals surface area contributed by atoms with Gasteiger partial charge in [-0.2, -0.15) is 0 Å². The van der Waals surface area contributed by atoms with Crippen LogP contribution in [0, 0.1) is 0 Å². The summed E-state index contributed by atoms with van der Waals surface area (Å²) in [6.07, 6.45) is 2.22. The Kier molecular flexibility index (Phi) is 4.69. The molecule has 5 nitrogen and oxygen atoms in total. The van der Waals surface area contributed by atoms with Gasteiger partial charge in [0.1, 0.15) is 31.9 Å². The van der Waals surface area contributed by atoms with Gasteiger partial charge in [-0.1, -0.05) is 12.1 Å². The van der Waals surface area contributed by atoms with Gasteiger partial charge in [-0.25, -0.2) is 10.0 Å². The van der Waals surface area contributed by atoms with E-state index in [-0.39, 0.29) is 17.9 Å². The Labute approximate surface area is 157 Å². The van der Waals surface area contributed by atoms with E-state index < -0.39 is 4.65 Å². The quantitative estimate of drug-likeness (QED) is 0.419. The van der Waals surface area contributed by atoms with E-state index in [1.54, 1.807) is 11.3 Å². The number of carbonyl (C=O) groups excluding carboxylic acids is 1. The number of hydrogen-bond acceptors (Lipinski definition) is 4. The van der Waals surface area contributed by atoms with Gasteiger partial charge < -0.3 is 9.14 Å². The molecule has 0 radical (unpaired) electrons. The van der Waals surface area contributed by atoms with Crippen LogP contribution in [0.2, 0.25) is 0 Å². The number of quaternary nitrogens is 1. The zero-order valence-corrected chi connectivity index (χ0v) is 16.6. The number of fused-ring (bicyclic) bond motifs is 1. The molecule has 2 heterocycles. The third-order valence-electron chi connectivity index (χ3n) is 3.96. The summed E-state index contributed by atoms with van der Waals surface area (Å²) < 4.78 is 7.22. The van der Waals surface area contributed by atoms with E-state index in [0.29, 0.717) is 0 Å². The molecule has 3 aromatic rings. The van der Waals surface area contributed by atoms with E-state index in [2.05, 4.69) is 6.07 Å². The number of amides is 1. The topological polar surface area (TPSA) is 50.9 Å². The van der Waals surface area contributed by atoms with Gasteiger partial charge in [0.15, 0.2) is 0 Å². The Balaban J connectivity index is 1.85. The van der Waals surface area contributed by atoms with Crippen LogP contribution in [0.5, 0.6) is 5.75 Å². The molecule has 0 atom stereocenters. The van der Waals surface area contributed by atoms with Crippen LogP contribution in [0.25, 0.3) is 16.0 Å². The number of hydroxylamine groups is 3. The molecule has 0 unspecified atom stereocenters. The van der Waals surface area contributed by atoms with Crippen molar-refractivity contribution in [1.29, 1.82) is 0 Å². The molecule has 26 heavy (non-hydrogen) atoms. The number of aromatic nitrogens is 1. The zero-order valence-electron chi connectivity index (χ0n) is 15.8. The number of thiazole rings is 1. The molecule has 0 bridgehead atoms. The molecule has 138 valence electrons. The summed E-state index contributed by atoms with van der Waals surface area (Å²) in [6.45, 7) is 6.08. The SMILES string of the molecule is CC(C)(C)Oc1ccc(-c2cc3scc(CC(=O)[N+](C)(C)O)n3c2)cc1. The second-order valence-electron chi connectivity index (χ2n) is 7.87. The highest BCUT2D eigenvalue weighted by Gasteiger charge is 2.25. The Hall–Kier alpha value is -2.15. The van der Waals surface area contributed by atoms with Crippen molar-refractivity contribution in [2.75, 3.05) is 14.1 Å². The monoisotopic (exact) mass is 373 g/mol. The summed E-state index contributed by atoms with van der Waals surface area (Å²) in [5, 5.41) is 11.8. The maximum atomic E-state index is 12.1. The molecule has 0 fully saturated rings. The molecule has 1 N–H and O–H groups in total. The van der Waals surface area contributed by atoms with Gasteiger partial charge in [-0.05, 0) is 44.5 Å². The van der Waals surface area contributed by atoms with Crippen LogP contribution in [0.4, 0.5) is 0 Å². The maximum absolute atomic E-state index is 12.1. The number of hydrogen-bond donors (Lipinski definition) is 1. The summed E-state index contributed by atoms with van der Waals surface area (Å²) in [7, 11) is 2.93. The Morgan fingerprint density at radius 3 is 2.42 bits per heavy atom. The minimum absolute atomic E-state index is 0.190. The third kappa shape index (κ3) is 4.15. The first-order valence-electron chi connectivity index (χ1n) is 8.51. The fourth-order valence-electron chi connectivity index (χ4n) is 2.65. The molecule has 0 aliphatic rings. The van der Waals surface area contributed by atoms with Gasteiger partial charge in [0.05, 0.1) is 4.83 Å². The number of likely N-dealkylation sites (N-methyl/N-ethyl adjacent to an activating group) is 1. The normalized spacial score (nSPS) is 12.5. The van der Waals surface area contributed by atoms with Crippen LogP contribution in [0.1, 0.15) is 26.5 Å². The van der Waals surface area contributed by atoms with Crippen molar-refractivity contribution in [2.45, 2.75) is 32.8 Å². The summed E-state index contributed by atoms with van der Waals surface area (Å²) in [5.74, 6) is 0.597. The van der Waals surface area contributed by atoms with E-state index in [4.69, 9.17) is 4.74 Å². The van der Waals surface area contributed by atoms with Crippen molar-refractivity contribution >= 4 is 22.1 Å². The van der Waals surface area contributed by atoms with E-state index in [1.807, 2.05) is 61.0 Å². The zero-order chi connectivity index (χ0) is 19.1. The largest absolute Gasteiger partial charge is 0.488 e. The molecule has 0 aliphatic carbocycles. The second kappa shape index (κ2) is 6.54. The minimum atomic E-state index is -0.666. The smallest absolute Gasteiger partial charge is 0.351 e. The minimum Gasteiger partial charge on any atom is -0.488 e. The average molecular weight is 373 g/mol. The molecule has 1 amide bonds. The van der Waals surface area contributed by atoms with Crippen LogP contribution in [-0.2, 0) is 11.2 Å². The van der Waals surface area contributed by atoms with Crippen molar-refractivity contribution in [3.8, 4) is 16.9 Å². The van der Waals surface area contributed by atoms with Gasteiger partial charge in [0, 0.05) is 22.8 Å². The van der Waals surface area contributed by atoms with E-state index in [0.717, 1.165) is 27.4 Å². The Morgan fingerprint density at radius 2 is 1.85 bits per heavy atom. The van der Waals surface area contributed by atoms with E-state index in [9.17, 15) is 10.0 Å². The van der Waals surface area contributed by atoms with Crippen molar-refractivity contribution < 1.29 is 19.4 Å². The molecule has 2 aromatic heterocycles. The fourth-order valence-corrected chi connectivity index (χ4v) is 3.58. The van der Waals surface area contributed by atoms with E-state index in [1.165, 1.54) is 14.1 Å². The van der Waals surface area contributed by atoms with Gasteiger partial charge in [-0.15, -0.1) is 16.0 Å². The van der Waals surface area contributed by atoms with Crippen LogP contribution >= 0.6 is 11.3 Å². The first-order chi connectivity index (χ1) is 12.0. The predicted molar refractivity (Wildman–Crippen MR) is 104 cm³/mol. The first kappa shape index (κ1) is 18.6. The van der Waals surface area contributed by atoms with Gasteiger partial charge in [0.2, 0.25) is 0 Å². The van der Waals surface area contributed by atoms with Gasteiger partial charge >= 0.3 is 5.91 Å². The van der Waals surface area contributed by atoms with Crippen molar-refractivity contribution in [1.82, 2.24) is 4.40 Å². The lowest BCUT2D eigenvalue weighted by atomic mass is 10.1. The molecule has 0 saturated carbocycles. The number of ether oxygens (including phenoxy) is 1. The Bertz CT molecular complexity index is 925. The van der Waals surface area contributed by atoms with Crippen LogP contribution < -0.4 is 4.74 Å². The van der Waals surface area contributed by atoms with E-state index >= 15 is 0 Å². The van der Waals surface area contributed by atoms with Gasteiger partial charge in [-0.3, -0.25) is 0 Å². The number of rotatable bonds is 4. The fraction of sp³-hybridized carbons (Fsp3) is 0.350. The van der Waals surface area contributed by atoms with Crippen LogP contribution in [-0.4, -0.2) is 39.9 Å². The molecule has 0 aliphatic heterocycles. The third-order valence-corrected chi connectivity index (χ3v) is 4.91. The van der Waals surface area contributed by atoms with Crippen LogP contribution in [0.3, 0.4) is 0 Å². The summed E-state index contributed by atoms with van der Waals surface area (Å²) >= 11 is 1.59. The number of benzene rings is 1. The first-order valence-corrected chi connectivity index (χ1v) is 9.39. The van der Waals surface area contributed by atoms with Gasteiger partial charge in [0.25, 0.3) is 0 Å².